The second-order valence-electron chi connectivity index (χ2n) is 9.97. The molecule has 0 radical (unpaired) electrons. The van der Waals surface area contributed by atoms with Crippen LogP contribution in [0, 0.1) is 5.92 Å². The Bertz CT molecular complexity index is 1220. The number of rotatable bonds is 10. The van der Waals surface area contributed by atoms with Crippen molar-refractivity contribution in [3.05, 3.63) is 45.1 Å². The second kappa shape index (κ2) is 12.2. The Kier molecular flexibility index (Phi) is 9.20. The van der Waals surface area contributed by atoms with Crippen LogP contribution in [0.4, 0.5) is 24.5 Å². The van der Waals surface area contributed by atoms with Crippen molar-refractivity contribution < 1.29 is 32.3 Å². The standard InChI is InChI=1S/C26H30ClF3N4O4S/c1-15(2)13-34(16-3-4-16)20(12-31-25(37)21-7-8-22(27)39-21)24(36)32-19-6-5-17(11-18(19)26(28,29)30)33-9-10-38-14-23(33)35/h5-8,11,15-16,20H,3-4,9-10,12-14H2,1-2H3,(H,31,37)(H,32,36)/t20-/m1/s1. The van der Waals surface area contributed by atoms with Gasteiger partial charge in [-0.25, -0.2) is 0 Å². The lowest BCUT2D eigenvalue weighted by Crippen LogP contribution is -2.52. The van der Waals surface area contributed by atoms with Crippen LogP contribution in [0.25, 0.3) is 0 Å². The van der Waals surface area contributed by atoms with Crippen LogP contribution < -0.4 is 15.5 Å². The van der Waals surface area contributed by atoms with Crippen molar-refractivity contribution in [3.8, 4) is 0 Å². The summed E-state index contributed by atoms with van der Waals surface area (Å²) >= 11 is 7.02. The van der Waals surface area contributed by atoms with Gasteiger partial charge in [-0.05, 0) is 49.1 Å². The van der Waals surface area contributed by atoms with E-state index in [2.05, 4.69) is 10.6 Å². The van der Waals surface area contributed by atoms with Gasteiger partial charge in [0.1, 0.15) is 12.6 Å². The molecule has 39 heavy (non-hydrogen) atoms. The van der Waals surface area contributed by atoms with E-state index in [-0.39, 0.29) is 44.0 Å². The third kappa shape index (κ3) is 7.50. The quantitative estimate of drug-likeness (QED) is 0.423. The van der Waals surface area contributed by atoms with Crippen LogP contribution in [-0.2, 0) is 20.5 Å². The maximum Gasteiger partial charge on any atom is 0.418 e. The van der Waals surface area contributed by atoms with Gasteiger partial charge in [0.15, 0.2) is 0 Å². The molecule has 1 atom stereocenters. The van der Waals surface area contributed by atoms with E-state index in [0.717, 1.165) is 36.3 Å². The molecule has 1 aromatic heterocycles. The molecule has 8 nitrogen and oxygen atoms in total. The van der Waals surface area contributed by atoms with Crippen molar-refractivity contribution in [2.45, 2.75) is 44.9 Å². The smallest absolute Gasteiger partial charge is 0.370 e. The number of benzene rings is 1. The number of halogens is 4. The number of morpholine rings is 1. The molecule has 0 bridgehead atoms. The fourth-order valence-corrected chi connectivity index (χ4v) is 5.44. The molecular weight excluding hydrogens is 557 g/mol. The molecule has 1 saturated carbocycles. The maximum atomic E-state index is 14.1. The Labute approximate surface area is 233 Å². The van der Waals surface area contributed by atoms with E-state index in [4.69, 9.17) is 16.3 Å². The highest BCUT2D eigenvalue weighted by Gasteiger charge is 2.40. The Morgan fingerprint density at radius 2 is 1.97 bits per heavy atom. The number of hydrogen-bond donors (Lipinski definition) is 2. The van der Waals surface area contributed by atoms with Gasteiger partial charge in [0.05, 0.1) is 27.1 Å². The van der Waals surface area contributed by atoms with Crippen molar-refractivity contribution in [3.63, 3.8) is 0 Å². The van der Waals surface area contributed by atoms with Gasteiger partial charge in [-0.3, -0.25) is 19.3 Å². The molecule has 1 aliphatic carbocycles. The average molecular weight is 587 g/mol. The zero-order valence-corrected chi connectivity index (χ0v) is 23.1. The molecule has 2 aromatic rings. The Morgan fingerprint density at radius 3 is 2.56 bits per heavy atom. The fourth-order valence-electron chi connectivity index (χ4n) is 4.48. The number of nitrogens with one attached hydrogen (secondary N) is 2. The van der Waals surface area contributed by atoms with Gasteiger partial charge in [0.25, 0.3) is 11.8 Å². The lowest BCUT2D eigenvalue weighted by Gasteiger charge is -2.33. The predicted octanol–water partition coefficient (Wildman–Crippen LogP) is 4.64. The zero-order valence-electron chi connectivity index (χ0n) is 21.5. The molecule has 3 amide bonds. The molecular formula is C26H30ClF3N4O4S. The molecule has 2 fully saturated rings. The van der Waals surface area contributed by atoms with Crippen LogP contribution in [-0.4, -0.2) is 67.6 Å². The van der Waals surface area contributed by atoms with Crippen molar-refractivity contribution in [2.75, 3.05) is 43.1 Å². The normalized spacial score (nSPS) is 17.0. The van der Waals surface area contributed by atoms with Gasteiger partial charge in [-0.15, -0.1) is 11.3 Å². The largest absolute Gasteiger partial charge is 0.418 e. The summed E-state index contributed by atoms with van der Waals surface area (Å²) in [6, 6.07) is 5.76. The number of carbonyl (C=O) groups is 3. The highest BCUT2D eigenvalue weighted by molar-refractivity contribution is 7.18. The van der Waals surface area contributed by atoms with E-state index in [1.807, 2.05) is 18.7 Å². The Morgan fingerprint density at radius 1 is 1.23 bits per heavy atom. The van der Waals surface area contributed by atoms with Gasteiger partial charge >= 0.3 is 6.18 Å². The van der Waals surface area contributed by atoms with Crippen molar-refractivity contribution in [1.29, 1.82) is 0 Å². The van der Waals surface area contributed by atoms with Crippen LogP contribution in [0.2, 0.25) is 4.34 Å². The SMILES string of the molecule is CC(C)CN(C1CC1)[C@H](CNC(=O)c1ccc(Cl)s1)C(=O)Nc1ccc(N2CCOCC2=O)cc1C(F)(F)F. The topological polar surface area (TPSA) is 91.0 Å². The predicted molar refractivity (Wildman–Crippen MR) is 143 cm³/mol. The minimum absolute atomic E-state index is 0.0754. The molecule has 2 heterocycles. The van der Waals surface area contributed by atoms with E-state index in [1.54, 1.807) is 12.1 Å². The van der Waals surface area contributed by atoms with Gasteiger partial charge in [-0.2, -0.15) is 13.2 Å². The number of hydrogen-bond acceptors (Lipinski definition) is 6. The number of carbonyl (C=O) groups excluding carboxylic acids is 3. The van der Waals surface area contributed by atoms with Gasteiger partial charge in [0.2, 0.25) is 5.91 Å². The van der Waals surface area contributed by atoms with Crippen molar-refractivity contribution in [2.24, 2.45) is 5.92 Å². The summed E-state index contributed by atoms with van der Waals surface area (Å²) in [4.78, 5) is 42.0. The highest BCUT2D eigenvalue weighted by Crippen LogP contribution is 2.38. The van der Waals surface area contributed by atoms with E-state index in [9.17, 15) is 27.6 Å². The number of nitrogens with zero attached hydrogens (tertiary/aromatic N) is 2. The molecule has 2 aliphatic rings. The Hall–Kier alpha value is -2.67. The van der Waals surface area contributed by atoms with Crippen LogP contribution in [0.15, 0.2) is 30.3 Å². The van der Waals surface area contributed by atoms with Crippen LogP contribution in [0.1, 0.15) is 41.9 Å². The van der Waals surface area contributed by atoms with E-state index in [0.29, 0.717) is 15.8 Å². The summed E-state index contributed by atoms with van der Waals surface area (Å²) in [6.45, 7) is 4.55. The van der Waals surface area contributed by atoms with Crippen molar-refractivity contribution >= 4 is 52.0 Å². The molecule has 1 saturated heterocycles. The third-order valence-electron chi connectivity index (χ3n) is 6.41. The summed E-state index contributed by atoms with van der Waals surface area (Å²) < 4.78 is 47.8. The molecule has 1 aromatic carbocycles. The average Bonchev–Trinajstić information content (AvgIpc) is 3.62. The monoisotopic (exact) mass is 586 g/mol. The van der Waals surface area contributed by atoms with Gasteiger partial charge in [0, 0.05) is 31.4 Å². The summed E-state index contributed by atoms with van der Waals surface area (Å²) in [5.74, 6) is -1.33. The lowest BCUT2D eigenvalue weighted by molar-refractivity contribution is -0.137. The van der Waals surface area contributed by atoms with Crippen LogP contribution in [0.3, 0.4) is 0 Å². The van der Waals surface area contributed by atoms with Gasteiger partial charge < -0.3 is 20.3 Å². The molecule has 212 valence electrons. The molecule has 4 rings (SSSR count). The summed E-state index contributed by atoms with van der Waals surface area (Å²) in [5, 5.41) is 5.21. The first-order valence-corrected chi connectivity index (χ1v) is 13.8. The maximum absolute atomic E-state index is 14.1. The van der Waals surface area contributed by atoms with Crippen LogP contribution in [0.5, 0.6) is 0 Å². The highest BCUT2D eigenvalue weighted by atomic mass is 35.5. The van der Waals surface area contributed by atoms with E-state index >= 15 is 0 Å². The zero-order chi connectivity index (χ0) is 28.3. The molecule has 2 N–H and O–H groups in total. The summed E-state index contributed by atoms with van der Waals surface area (Å²) in [6.07, 6.45) is -3.06. The molecule has 0 unspecified atom stereocenters. The van der Waals surface area contributed by atoms with E-state index < -0.39 is 41.2 Å². The first-order chi connectivity index (χ1) is 18.4. The number of ether oxygens (including phenoxy) is 1. The summed E-state index contributed by atoms with van der Waals surface area (Å²) in [5.41, 5.74) is -1.41. The number of alkyl halides is 3. The minimum atomic E-state index is -4.79. The molecule has 13 heteroatoms. The first kappa shape index (κ1) is 29.3. The van der Waals surface area contributed by atoms with Crippen LogP contribution >= 0.6 is 22.9 Å². The molecule has 1 aliphatic heterocycles. The number of amides is 3. The molecule has 0 spiro atoms. The van der Waals surface area contributed by atoms with Crippen molar-refractivity contribution in [1.82, 2.24) is 10.2 Å². The Balaban J connectivity index is 1.59. The minimum Gasteiger partial charge on any atom is -0.370 e. The van der Waals surface area contributed by atoms with Gasteiger partial charge in [-0.1, -0.05) is 25.4 Å². The first-order valence-electron chi connectivity index (χ1n) is 12.6. The van der Waals surface area contributed by atoms with E-state index in [1.165, 1.54) is 11.0 Å². The second-order valence-corrected chi connectivity index (χ2v) is 11.7. The fraction of sp³-hybridized carbons (Fsp3) is 0.500. The number of thiophene rings is 1. The third-order valence-corrected chi connectivity index (χ3v) is 7.64. The lowest BCUT2D eigenvalue weighted by atomic mass is 10.1. The number of anilines is 2. The summed E-state index contributed by atoms with van der Waals surface area (Å²) in [7, 11) is 0.